The van der Waals surface area contributed by atoms with Crippen molar-refractivity contribution in [3.05, 3.63) is 89.2 Å². The van der Waals surface area contributed by atoms with Gasteiger partial charge in [0.15, 0.2) is 0 Å². The molecule has 3 heterocycles. The summed E-state index contributed by atoms with van der Waals surface area (Å²) in [6, 6.07) is 14.0. The van der Waals surface area contributed by atoms with Gasteiger partial charge in [0.05, 0.1) is 24.1 Å². The second kappa shape index (κ2) is 10.5. The Bertz CT molecular complexity index is 1290. The highest BCUT2D eigenvalue weighted by Gasteiger charge is 2.20. The third kappa shape index (κ3) is 5.10. The summed E-state index contributed by atoms with van der Waals surface area (Å²) >= 11 is 1.58. The molecule has 0 fully saturated rings. The van der Waals surface area contributed by atoms with Crippen molar-refractivity contribution in [3.63, 3.8) is 0 Å². The van der Waals surface area contributed by atoms with E-state index in [4.69, 9.17) is 9.72 Å². The molecule has 1 amide bonds. The van der Waals surface area contributed by atoms with Crippen LogP contribution in [0.2, 0.25) is 0 Å². The standard InChI is InChI=1S/C27H28N4O2S/c1-5-13-28-26(32)23-15-25(24-17-34-27(30-24)21-9-6-18(2)29-16-21)31(19(23)3)14-12-20-7-10-22(33-4)11-8-20/h5-11,15-17H,1,12-14H2,2-4H3,(H,28,32). The van der Waals surface area contributed by atoms with Gasteiger partial charge in [-0.05, 0) is 56.2 Å². The zero-order valence-electron chi connectivity index (χ0n) is 19.7. The maximum absolute atomic E-state index is 12.8. The number of hydrogen-bond acceptors (Lipinski definition) is 5. The Hall–Kier alpha value is -3.71. The second-order valence-electron chi connectivity index (χ2n) is 8.00. The lowest BCUT2D eigenvalue weighted by atomic mass is 10.1. The summed E-state index contributed by atoms with van der Waals surface area (Å²) in [5, 5.41) is 5.84. The van der Waals surface area contributed by atoms with Gasteiger partial charge in [-0.1, -0.05) is 18.2 Å². The summed E-state index contributed by atoms with van der Waals surface area (Å²) in [5.74, 6) is 0.725. The first-order valence-electron chi connectivity index (χ1n) is 11.1. The Morgan fingerprint density at radius 3 is 2.68 bits per heavy atom. The Balaban J connectivity index is 1.67. The van der Waals surface area contributed by atoms with Crippen LogP contribution in [0.1, 0.15) is 27.3 Å². The lowest BCUT2D eigenvalue weighted by Crippen LogP contribution is -2.23. The van der Waals surface area contributed by atoms with E-state index in [2.05, 4.69) is 33.6 Å². The van der Waals surface area contributed by atoms with Gasteiger partial charge >= 0.3 is 0 Å². The molecule has 34 heavy (non-hydrogen) atoms. The smallest absolute Gasteiger partial charge is 0.253 e. The van der Waals surface area contributed by atoms with Crippen LogP contribution in [0.15, 0.2) is 66.7 Å². The number of hydrogen-bond donors (Lipinski definition) is 1. The van der Waals surface area contributed by atoms with E-state index in [1.54, 1.807) is 24.5 Å². The summed E-state index contributed by atoms with van der Waals surface area (Å²) in [7, 11) is 1.66. The van der Waals surface area contributed by atoms with E-state index < -0.39 is 0 Å². The van der Waals surface area contributed by atoms with E-state index in [9.17, 15) is 4.79 Å². The van der Waals surface area contributed by atoms with Crippen LogP contribution in [0.3, 0.4) is 0 Å². The largest absolute Gasteiger partial charge is 0.497 e. The van der Waals surface area contributed by atoms with Crippen molar-refractivity contribution >= 4 is 17.2 Å². The molecule has 0 radical (unpaired) electrons. The van der Waals surface area contributed by atoms with Crippen LogP contribution in [-0.2, 0) is 13.0 Å². The summed E-state index contributed by atoms with van der Waals surface area (Å²) in [5.41, 5.74) is 6.49. The van der Waals surface area contributed by atoms with Crippen molar-refractivity contribution in [2.24, 2.45) is 0 Å². The molecule has 4 aromatic rings. The van der Waals surface area contributed by atoms with Gasteiger partial charge in [-0.25, -0.2) is 4.98 Å². The molecule has 0 atom stereocenters. The SMILES string of the molecule is C=CCNC(=O)c1cc(-c2csc(-c3ccc(C)nc3)n2)n(CCc2ccc(OC)cc2)c1C. The van der Waals surface area contributed by atoms with E-state index in [0.29, 0.717) is 12.1 Å². The fourth-order valence-electron chi connectivity index (χ4n) is 3.79. The number of ether oxygens (including phenoxy) is 1. The number of carbonyl (C=O) groups is 1. The molecule has 0 aliphatic carbocycles. The average Bonchev–Trinajstić information content (AvgIpc) is 3.47. The lowest BCUT2D eigenvalue weighted by Gasteiger charge is -2.11. The highest BCUT2D eigenvalue weighted by Crippen LogP contribution is 2.31. The van der Waals surface area contributed by atoms with Crippen molar-refractivity contribution in [2.45, 2.75) is 26.8 Å². The van der Waals surface area contributed by atoms with Crippen molar-refractivity contribution in [1.29, 1.82) is 0 Å². The fraction of sp³-hybridized carbons (Fsp3) is 0.222. The summed E-state index contributed by atoms with van der Waals surface area (Å²) in [6.07, 6.45) is 4.34. The van der Waals surface area contributed by atoms with E-state index >= 15 is 0 Å². The van der Waals surface area contributed by atoms with Gasteiger partial charge in [0.1, 0.15) is 10.8 Å². The van der Waals surface area contributed by atoms with Crippen LogP contribution >= 0.6 is 11.3 Å². The Kier molecular flexibility index (Phi) is 7.23. The summed E-state index contributed by atoms with van der Waals surface area (Å²) < 4.78 is 7.45. The van der Waals surface area contributed by atoms with Gasteiger partial charge < -0.3 is 14.6 Å². The number of nitrogens with one attached hydrogen (secondary N) is 1. The van der Waals surface area contributed by atoms with Crippen LogP contribution < -0.4 is 10.1 Å². The highest BCUT2D eigenvalue weighted by molar-refractivity contribution is 7.13. The molecule has 0 saturated carbocycles. The molecule has 0 unspecified atom stereocenters. The summed E-state index contributed by atoms with van der Waals surface area (Å²) in [6.45, 7) is 8.79. The molecule has 4 rings (SSSR count). The molecule has 1 aromatic carbocycles. The molecule has 7 heteroatoms. The number of pyridine rings is 1. The molecule has 174 valence electrons. The molecule has 6 nitrogen and oxygen atoms in total. The monoisotopic (exact) mass is 472 g/mol. The Labute approximate surface area is 204 Å². The van der Waals surface area contributed by atoms with Gasteiger partial charge in [-0.2, -0.15) is 0 Å². The quantitative estimate of drug-likeness (QED) is 0.329. The zero-order chi connectivity index (χ0) is 24.1. The first-order valence-corrected chi connectivity index (χ1v) is 12.0. The third-order valence-corrected chi connectivity index (χ3v) is 6.62. The number of methoxy groups -OCH3 is 1. The van der Waals surface area contributed by atoms with Crippen molar-refractivity contribution < 1.29 is 9.53 Å². The molecule has 0 aliphatic heterocycles. The van der Waals surface area contributed by atoms with Gasteiger partial charge in [0.2, 0.25) is 0 Å². The van der Waals surface area contributed by atoms with Crippen LogP contribution in [-0.4, -0.2) is 34.1 Å². The van der Waals surface area contributed by atoms with Gasteiger partial charge in [0, 0.05) is 41.6 Å². The van der Waals surface area contributed by atoms with Crippen molar-refractivity contribution in [1.82, 2.24) is 19.9 Å². The normalized spacial score (nSPS) is 10.8. The average molecular weight is 473 g/mol. The third-order valence-electron chi connectivity index (χ3n) is 5.73. The van der Waals surface area contributed by atoms with Crippen molar-refractivity contribution in [3.8, 4) is 27.7 Å². The van der Waals surface area contributed by atoms with Gasteiger partial charge in [-0.3, -0.25) is 9.78 Å². The molecule has 0 aliphatic rings. The van der Waals surface area contributed by atoms with E-state index in [0.717, 1.165) is 52.1 Å². The predicted octanol–water partition coefficient (Wildman–Crippen LogP) is 5.46. The number of amides is 1. The fourth-order valence-corrected chi connectivity index (χ4v) is 4.59. The second-order valence-corrected chi connectivity index (χ2v) is 8.86. The number of rotatable bonds is 9. The predicted molar refractivity (Wildman–Crippen MR) is 137 cm³/mol. The number of benzene rings is 1. The minimum atomic E-state index is -0.111. The van der Waals surface area contributed by atoms with Crippen LogP contribution in [0.5, 0.6) is 5.75 Å². The Morgan fingerprint density at radius 1 is 1.21 bits per heavy atom. The molecule has 1 N–H and O–H groups in total. The lowest BCUT2D eigenvalue weighted by molar-refractivity contribution is 0.0957. The first kappa shape index (κ1) is 23.4. The highest BCUT2D eigenvalue weighted by atomic mass is 32.1. The van der Waals surface area contributed by atoms with E-state index in [1.165, 1.54) is 5.56 Å². The number of carbonyl (C=O) groups excluding carboxylic acids is 1. The van der Waals surface area contributed by atoms with Gasteiger partial charge in [-0.15, -0.1) is 17.9 Å². The van der Waals surface area contributed by atoms with E-state index in [-0.39, 0.29) is 5.91 Å². The number of aromatic nitrogens is 3. The topological polar surface area (TPSA) is 69.0 Å². The molecular formula is C27H28N4O2S. The first-order chi connectivity index (χ1) is 16.5. The van der Waals surface area contributed by atoms with Crippen molar-refractivity contribution in [2.75, 3.05) is 13.7 Å². The Morgan fingerprint density at radius 2 is 2.00 bits per heavy atom. The van der Waals surface area contributed by atoms with E-state index in [1.807, 2.05) is 55.8 Å². The zero-order valence-corrected chi connectivity index (χ0v) is 20.5. The molecule has 0 spiro atoms. The minimum Gasteiger partial charge on any atom is -0.497 e. The maximum Gasteiger partial charge on any atom is 0.253 e. The number of aryl methyl sites for hydroxylation is 2. The minimum absolute atomic E-state index is 0.111. The van der Waals surface area contributed by atoms with Crippen LogP contribution in [0, 0.1) is 13.8 Å². The molecule has 3 aromatic heterocycles. The summed E-state index contributed by atoms with van der Waals surface area (Å²) in [4.78, 5) is 22.1. The molecule has 0 bridgehead atoms. The maximum atomic E-state index is 12.8. The van der Waals surface area contributed by atoms with Gasteiger partial charge in [0.25, 0.3) is 5.91 Å². The molecule has 0 saturated heterocycles. The number of thiazole rings is 1. The molecular weight excluding hydrogens is 444 g/mol. The van der Waals surface area contributed by atoms with Crippen LogP contribution in [0.25, 0.3) is 22.0 Å². The van der Waals surface area contributed by atoms with Crippen LogP contribution in [0.4, 0.5) is 0 Å². The number of nitrogens with zero attached hydrogens (tertiary/aromatic N) is 3.